The van der Waals surface area contributed by atoms with Crippen molar-refractivity contribution >= 4 is 87.6 Å². The predicted octanol–water partition coefficient (Wildman–Crippen LogP) is 11.6. The zero-order valence-corrected chi connectivity index (χ0v) is 53.1. The van der Waals surface area contributed by atoms with Gasteiger partial charge in [-0.15, -0.1) is 12.4 Å². The van der Waals surface area contributed by atoms with E-state index in [1.165, 1.54) is 85.2 Å². The number of rotatable bonds is 12. The Morgan fingerprint density at radius 3 is 1.24 bits per heavy atom. The Balaban J connectivity index is 0.000000217. The lowest BCUT2D eigenvalue weighted by Crippen LogP contribution is -2.70. The van der Waals surface area contributed by atoms with Crippen molar-refractivity contribution in [1.29, 1.82) is 0 Å². The van der Waals surface area contributed by atoms with Crippen molar-refractivity contribution in [3.63, 3.8) is 0 Å². The monoisotopic (exact) mass is 1470 g/mol. The number of halogens is 16. The highest BCUT2D eigenvalue weighted by molar-refractivity contribution is 5.96. The van der Waals surface area contributed by atoms with Gasteiger partial charge in [0.2, 0.25) is 11.8 Å². The van der Waals surface area contributed by atoms with Gasteiger partial charge in [0.25, 0.3) is 5.91 Å². The number of aromatic carboxylic acids is 1. The molecule has 0 spiro atoms. The standard InChI is InChI=1S/C28H21F6N5O4.C24H17F3N4O4.C5H7F3O.C4H6F3NO.C4H6O.ClH/c29-27(30,31)20-9-17(21-4-3-16(11-36-21)25(41)39-13-26(42,14-39)28(32,33)34)7-18-8-19(43-24(18)20)12-38-23(40)6-2-15-1-5-22(35)37-10-15;25-24(26,27)18-9-15(19-4-3-14(11-29-19)23(33)34)7-16-8-17(35-22(16)18)12-31-21(32)6-2-13-1-5-20(28)30-10-13;6-5(7,8)4(9)2-1-3-4;5-4(6,7)3(9)1-8-2-3;5-4-2-1-3-4;/h1-11,42H,12-14H2,(H2,35,37)(H,38,40);1-11H,12H2,(H2,28,30)(H,31,32)(H,33,34);9H,1-3H2;8-9H,1-2H2;1-3H2;1H/b2*6-2+;;;;. The zero-order valence-electron chi connectivity index (χ0n) is 52.3. The Kier molecular flexibility index (Phi) is 24.4. The third-order valence-corrected chi connectivity index (χ3v) is 15.6. The van der Waals surface area contributed by atoms with Crippen molar-refractivity contribution in [1.82, 2.24) is 40.8 Å². The number of alkyl halides is 15. The molecular weight excluding hydrogens is 1420 g/mol. The number of nitrogen functional groups attached to an aromatic ring is 2. The summed E-state index contributed by atoms with van der Waals surface area (Å²) in [7, 11) is 0. The highest BCUT2D eigenvalue weighted by atomic mass is 35.5. The number of pyridine rings is 4. The number of aromatic nitrogens is 4. The van der Waals surface area contributed by atoms with Crippen molar-refractivity contribution in [2.24, 2.45) is 0 Å². The lowest BCUT2D eigenvalue weighted by Gasteiger charge is -2.46. The first-order valence-electron chi connectivity index (χ1n) is 29.7. The number of hydrogen-bond acceptors (Lipinski definition) is 17. The van der Waals surface area contributed by atoms with Crippen molar-refractivity contribution in [2.45, 2.75) is 99.3 Å². The molecule has 2 aliphatic carbocycles. The molecule has 8 aromatic rings. The number of furan rings is 2. The molecule has 12 rings (SSSR count). The molecule has 4 aliphatic rings. The van der Waals surface area contributed by atoms with Crippen LogP contribution in [0, 0.1) is 0 Å². The number of likely N-dealkylation sites (tertiary alicyclic amines) is 1. The molecule has 8 heterocycles. The number of carboxylic acid groups (broad SMARTS) is 1. The molecule has 0 atom stereocenters. The Morgan fingerprint density at radius 2 is 0.961 bits per heavy atom. The van der Waals surface area contributed by atoms with Gasteiger partial charge in [-0.25, -0.2) is 14.8 Å². The Hall–Kier alpha value is -10.2. The molecule has 2 aromatic carbocycles. The van der Waals surface area contributed by atoms with E-state index in [4.69, 9.17) is 35.6 Å². The number of amides is 3. The molecule has 3 amide bonds. The van der Waals surface area contributed by atoms with Gasteiger partial charge in [0, 0.05) is 84.8 Å². The van der Waals surface area contributed by atoms with Crippen molar-refractivity contribution < 1.29 is 119 Å². The summed E-state index contributed by atoms with van der Waals surface area (Å²) >= 11 is 0. The average molecular weight is 1480 g/mol. The summed E-state index contributed by atoms with van der Waals surface area (Å²) in [5.41, 5.74) is 1.74. The normalized spacial score (nSPS) is 15.9. The van der Waals surface area contributed by atoms with E-state index in [0.717, 1.165) is 48.7 Å². The summed E-state index contributed by atoms with van der Waals surface area (Å²) in [5.74, 6) is -1.78. The van der Waals surface area contributed by atoms with Crippen molar-refractivity contribution in [3.05, 3.63) is 167 Å². The largest absolute Gasteiger partial charge is 0.478 e. The molecule has 6 aromatic heterocycles. The van der Waals surface area contributed by atoms with Crippen LogP contribution in [0.15, 0.2) is 131 Å². The molecule has 21 nitrogen and oxygen atoms in total. The van der Waals surface area contributed by atoms with E-state index in [2.05, 4.69) is 35.9 Å². The summed E-state index contributed by atoms with van der Waals surface area (Å²) in [5, 5.41) is 43.4. The summed E-state index contributed by atoms with van der Waals surface area (Å²) < 4.78 is 202. The van der Waals surface area contributed by atoms with Crippen LogP contribution in [0.2, 0.25) is 0 Å². The molecule has 0 unspecified atom stereocenters. The molecule has 2 saturated carbocycles. The highest BCUT2D eigenvalue weighted by Gasteiger charge is 2.62. The number of fused-ring (bicyclic) bond motifs is 2. The van der Waals surface area contributed by atoms with Crippen molar-refractivity contribution in [3.8, 4) is 22.5 Å². The van der Waals surface area contributed by atoms with Gasteiger partial charge in [-0.05, 0) is 134 Å². The first kappa shape index (κ1) is 79.2. The highest BCUT2D eigenvalue weighted by Crippen LogP contribution is 2.46. The van der Waals surface area contributed by atoms with Gasteiger partial charge in [0.05, 0.1) is 59.8 Å². The number of nitrogens with zero attached hydrogens (tertiary/aromatic N) is 5. The van der Waals surface area contributed by atoms with E-state index in [9.17, 15) is 94.9 Å². The number of benzene rings is 2. The number of β-amino-alcohol motifs (C(OH)–C–C–N with tert-alkyl or cyclic N) is 2. The minimum absolute atomic E-state index is 0. The summed E-state index contributed by atoms with van der Waals surface area (Å²) in [6.45, 7) is -2.99. The second-order valence-electron chi connectivity index (χ2n) is 23.2. The van der Waals surface area contributed by atoms with Gasteiger partial charge in [-0.1, -0.05) is 0 Å². The van der Waals surface area contributed by atoms with Crippen LogP contribution >= 0.6 is 12.4 Å². The van der Waals surface area contributed by atoms with Gasteiger partial charge in [0.15, 0.2) is 16.8 Å². The smallest absolute Gasteiger partial charge is 0.420 e. The second-order valence-corrected chi connectivity index (χ2v) is 23.2. The number of nitrogens with one attached hydrogen (secondary N) is 3. The average Bonchev–Trinajstić information content (AvgIpc) is 0.992. The number of carboxylic acids is 1. The molecule has 2 saturated heterocycles. The van der Waals surface area contributed by atoms with Gasteiger partial charge in [-0.3, -0.25) is 29.1 Å². The fraction of sp³-hybridized carbons (Fsp3) is 0.308. The topological polar surface area (TPSA) is 335 Å². The quantitative estimate of drug-likeness (QED) is 0.0405. The molecule has 0 bridgehead atoms. The van der Waals surface area contributed by atoms with E-state index in [1.807, 2.05) is 0 Å². The number of carbonyl (C=O) groups excluding carboxylic acids is 4. The molecule has 546 valence electrons. The van der Waals surface area contributed by atoms with E-state index >= 15 is 0 Å². The van der Waals surface area contributed by atoms with Crippen LogP contribution in [0.25, 0.3) is 56.6 Å². The van der Waals surface area contributed by atoms with Gasteiger partial charge >= 0.3 is 36.9 Å². The van der Waals surface area contributed by atoms with Crippen LogP contribution in [0.4, 0.5) is 77.5 Å². The van der Waals surface area contributed by atoms with Gasteiger partial charge in [-0.2, -0.15) is 65.9 Å². The first-order chi connectivity index (χ1) is 47.0. The summed E-state index contributed by atoms with van der Waals surface area (Å²) in [4.78, 5) is 74.3. The van der Waals surface area contributed by atoms with Crippen LogP contribution in [-0.4, -0.2) is 136 Å². The molecular formula is C65H58ClF15N10O11. The number of carbonyl (C=O) groups is 5. The maximum absolute atomic E-state index is 14.0. The molecule has 11 N–H and O–H groups in total. The Morgan fingerprint density at radius 1 is 0.549 bits per heavy atom. The first-order valence-corrected chi connectivity index (χ1v) is 29.7. The van der Waals surface area contributed by atoms with Crippen LogP contribution in [-0.2, 0) is 39.8 Å². The number of anilines is 2. The minimum Gasteiger partial charge on any atom is -0.478 e. The van der Waals surface area contributed by atoms with E-state index in [-0.39, 0.29) is 113 Å². The maximum atomic E-state index is 14.0. The fourth-order valence-electron chi connectivity index (χ4n) is 9.30. The number of nitrogens with two attached hydrogens (primary N) is 2. The van der Waals surface area contributed by atoms with Crippen molar-refractivity contribution in [2.75, 3.05) is 37.6 Å². The third kappa shape index (κ3) is 19.9. The second kappa shape index (κ2) is 31.4. The van der Waals surface area contributed by atoms with Gasteiger partial charge < -0.3 is 61.6 Å². The van der Waals surface area contributed by atoms with Crippen LogP contribution in [0.5, 0.6) is 0 Å². The fourth-order valence-corrected chi connectivity index (χ4v) is 9.30. The van der Waals surface area contributed by atoms with Crippen LogP contribution in [0.1, 0.15) is 93.0 Å². The SMILES string of the molecule is Cl.Nc1ccc(/C=C/C(=O)NCc2cc3cc(-c4ccc(C(=O)N5CC(O)(C(F)(F)F)C5)cn4)cc(C(F)(F)F)c3o2)cn1.Nc1ccc(/C=C/C(=O)NCc2cc3cc(-c4ccc(C(=O)O)cn4)cc(C(F)(F)F)c3o2)cn1.O=C1CCC1.OC1(C(F)(F)F)CCC1.OC1(C(F)(F)F)CNC1. The van der Waals surface area contributed by atoms with Gasteiger partial charge in [0.1, 0.15) is 40.1 Å². The maximum Gasteiger partial charge on any atom is 0.420 e. The number of ketones is 1. The van der Waals surface area contributed by atoms with Crippen LogP contribution < -0.4 is 27.4 Å². The third-order valence-electron chi connectivity index (χ3n) is 15.6. The lowest BCUT2D eigenvalue weighted by atomic mass is 9.80. The van der Waals surface area contributed by atoms with E-state index < -0.39 is 101 Å². The molecule has 2 aliphatic heterocycles. The zero-order chi connectivity index (χ0) is 74.3. The minimum atomic E-state index is -4.90. The number of hydrogen-bond donors (Lipinski definition) is 9. The summed E-state index contributed by atoms with van der Waals surface area (Å²) in [6, 6.07) is 18.8. The van der Waals surface area contributed by atoms with Crippen LogP contribution in [0.3, 0.4) is 0 Å². The Bertz CT molecular complexity index is 4320. The van der Waals surface area contributed by atoms with E-state index in [1.54, 1.807) is 24.3 Å². The molecule has 37 heteroatoms. The molecule has 0 radical (unpaired) electrons. The number of Topliss-reactive ketones (excluding diaryl/α,β-unsaturated/α-hetero) is 1. The van der Waals surface area contributed by atoms with E-state index in [0.29, 0.717) is 35.0 Å². The predicted molar refractivity (Wildman–Crippen MR) is 337 cm³/mol. The summed E-state index contributed by atoms with van der Waals surface area (Å²) in [6.07, 6.45) is -9.76. The Labute approximate surface area is 571 Å². The number of aliphatic hydroxyl groups is 3. The molecule has 102 heavy (non-hydrogen) atoms. The molecule has 4 fully saturated rings. The lowest BCUT2D eigenvalue weighted by molar-refractivity contribution is -0.294.